The van der Waals surface area contributed by atoms with Crippen molar-refractivity contribution in [1.29, 1.82) is 0 Å². The fourth-order valence-corrected chi connectivity index (χ4v) is 2.53. The molecule has 0 saturated heterocycles. The zero-order valence-corrected chi connectivity index (χ0v) is 12.9. The van der Waals surface area contributed by atoms with Gasteiger partial charge in [0.15, 0.2) is 0 Å². The number of halogens is 1. The van der Waals surface area contributed by atoms with Crippen molar-refractivity contribution in [2.45, 2.75) is 38.3 Å². The van der Waals surface area contributed by atoms with Gasteiger partial charge in [-0.25, -0.2) is 0 Å². The third-order valence-corrected chi connectivity index (χ3v) is 3.90. The summed E-state index contributed by atoms with van der Waals surface area (Å²) in [6.45, 7) is 3.23. The van der Waals surface area contributed by atoms with Gasteiger partial charge in [-0.05, 0) is 43.5 Å². The van der Waals surface area contributed by atoms with Crippen molar-refractivity contribution in [3.05, 3.63) is 30.0 Å². The molecule has 1 heterocycles. The number of nitrogens with one attached hydrogen (secondary N) is 1. The molecule has 5 heteroatoms. The number of ether oxygens (including phenoxy) is 1. The second kappa shape index (κ2) is 6.69. The van der Waals surface area contributed by atoms with Gasteiger partial charge in [0.05, 0.1) is 36.7 Å². The highest BCUT2D eigenvalue weighted by Gasteiger charge is 2.24. The van der Waals surface area contributed by atoms with Crippen LogP contribution in [0.15, 0.2) is 28.9 Å². The molecule has 1 aromatic heterocycles. The van der Waals surface area contributed by atoms with E-state index in [9.17, 15) is 0 Å². The van der Waals surface area contributed by atoms with Crippen molar-refractivity contribution >= 4 is 22.8 Å². The summed E-state index contributed by atoms with van der Waals surface area (Å²) in [5.74, 6) is 0.857. The predicted octanol–water partition coefficient (Wildman–Crippen LogP) is 4.19. The van der Waals surface area contributed by atoms with E-state index in [4.69, 9.17) is 21.0 Å². The fourth-order valence-electron chi connectivity index (χ4n) is 2.42. The van der Waals surface area contributed by atoms with E-state index in [1.54, 1.807) is 6.26 Å². The largest absolute Gasteiger partial charge is 0.493 e. The van der Waals surface area contributed by atoms with Crippen LogP contribution in [0.25, 0.3) is 11.0 Å². The summed E-state index contributed by atoms with van der Waals surface area (Å²) >= 11 is 5.20. The van der Waals surface area contributed by atoms with Crippen LogP contribution in [0.1, 0.15) is 37.8 Å². The number of fused-ring (bicyclic) bond motifs is 1. The minimum Gasteiger partial charge on any atom is -0.493 e. The number of benzene rings is 1. The molecule has 1 aliphatic rings. The Bertz CT molecular complexity index is 594. The first-order chi connectivity index (χ1) is 10.3. The lowest BCUT2D eigenvalue weighted by atomic mass is 10.1. The summed E-state index contributed by atoms with van der Waals surface area (Å²) in [4.78, 5) is 0. The van der Waals surface area contributed by atoms with E-state index in [1.807, 2.05) is 6.07 Å². The standard InChI is InChI=1S/C16H20ClNO3/c1-11(18-13-3-4-13)12-9-15(19-6-2-7-21-17)14-5-8-20-16(14)10-12/h5,8-11,13,18H,2-4,6-7H2,1H3. The molecular formula is C16H20ClNO3. The number of furan rings is 1. The van der Waals surface area contributed by atoms with Crippen molar-refractivity contribution in [2.24, 2.45) is 0 Å². The average molecular weight is 310 g/mol. The van der Waals surface area contributed by atoms with Gasteiger partial charge >= 0.3 is 0 Å². The number of hydrogen-bond donors (Lipinski definition) is 1. The van der Waals surface area contributed by atoms with Crippen LogP contribution in [0.4, 0.5) is 0 Å². The third-order valence-electron chi connectivity index (χ3n) is 3.74. The zero-order valence-electron chi connectivity index (χ0n) is 12.1. The lowest BCUT2D eigenvalue weighted by Crippen LogP contribution is -2.20. The van der Waals surface area contributed by atoms with E-state index in [-0.39, 0.29) is 0 Å². The molecule has 1 fully saturated rings. The van der Waals surface area contributed by atoms with Gasteiger partial charge in [-0.15, -0.1) is 0 Å². The molecule has 1 aromatic carbocycles. The van der Waals surface area contributed by atoms with E-state index in [1.165, 1.54) is 18.4 Å². The van der Waals surface area contributed by atoms with Crippen molar-refractivity contribution < 1.29 is 13.4 Å². The normalized spacial score (nSPS) is 16.3. The maximum atomic E-state index is 5.86. The first-order valence-corrected chi connectivity index (χ1v) is 7.72. The molecule has 4 nitrogen and oxygen atoms in total. The molecule has 1 saturated carbocycles. The Balaban J connectivity index is 1.77. The molecule has 0 amide bonds. The minimum absolute atomic E-state index is 0.292. The summed E-state index contributed by atoms with van der Waals surface area (Å²) in [7, 11) is 0. The highest BCUT2D eigenvalue weighted by atomic mass is 35.5. The van der Waals surface area contributed by atoms with Gasteiger partial charge in [0.2, 0.25) is 0 Å². The molecule has 21 heavy (non-hydrogen) atoms. The van der Waals surface area contributed by atoms with Crippen LogP contribution in [0.2, 0.25) is 0 Å². The second-order valence-corrected chi connectivity index (χ2v) is 5.75. The van der Waals surface area contributed by atoms with Crippen LogP contribution in [0, 0.1) is 0 Å². The molecule has 1 unspecified atom stereocenters. The fraction of sp³-hybridized carbons (Fsp3) is 0.500. The van der Waals surface area contributed by atoms with Gasteiger partial charge in [0, 0.05) is 18.5 Å². The molecule has 0 aliphatic heterocycles. The molecule has 0 radical (unpaired) electrons. The van der Waals surface area contributed by atoms with Crippen molar-refractivity contribution in [1.82, 2.24) is 5.32 Å². The molecule has 1 aliphatic carbocycles. The van der Waals surface area contributed by atoms with Crippen LogP contribution in [-0.4, -0.2) is 19.3 Å². The number of rotatable bonds is 8. The maximum Gasteiger partial charge on any atom is 0.137 e. The van der Waals surface area contributed by atoms with Gasteiger partial charge < -0.3 is 14.5 Å². The summed E-state index contributed by atoms with van der Waals surface area (Å²) in [6.07, 6.45) is 5.00. The quantitative estimate of drug-likeness (QED) is 0.743. The molecule has 114 valence electrons. The van der Waals surface area contributed by atoms with Crippen LogP contribution < -0.4 is 10.1 Å². The van der Waals surface area contributed by atoms with Gasteiger partial charge in [-0.2, -0.15) is 0 Å². The second-order valence-electron chi connectivity index (χ2n) is 5.53. The first kappa shape index (κ1) is 14.7. The van der Waals surface area contributed by atoms with Crippen molar-refractivity contribution in [3.63, 3.8) is 0 Å². The Kier molecular flexibility index (Phi) is 4.68. The van der Waals surface area contributed by atoms with Crippen LogP contribution in [0.5, 0.6) is 5.75 Å². The zero-order chi connectivity index (χ0) is 14.7. The average Bonchev–Trinajstić information content (AvgIpc) is 3.16. The van der Waals surface area contributed by atoms with Gasteiger partial charge in [0.25, 0.3) is 0 Å². The maximum absolute atomic E-state index is 5.86. The van der Waals surface area contributed by atoms with E-state index >= 15 is 0 Å². The Morgan fingerprint density at radius 2 is 2.24 bits per heavy atom. The number of hydrogen-bond acceptors (Lipinski definition) is 4. The van der Waals surface area contributed by atoms with Crippen LogP contribution in [0.3, 0.4) is 0 Å². The third kappa shape index (κ3) is 3.70. The summed E-state index contributed by atoms with van der Waals surface area (Å²) in [6, 6.07) is 7.08. The van der Waals surface area contributed by atoms with Crippen molar-refractivity contribution in [2.75, 3.05) is 13.2 Å². The molecular weight excluding hydrogens is 290 g/mol. The van der Waals surface area contributed by atoms with Crippen molar-refractivity contribution in [3.8, 4) is 5.75 Å². The van der Waals surface area contributed by atoms with E-state index in [0.717, 1.165) is 23.1 Å². The molecule has 1 N–H and O–H groups in total. The topological polar surface area (TPSA) is 43.6 Å². The molecule has 0 spiro atoms. The monoisotopic (exact) mass is 309 g/mol. The summed E-state index contributed by atoms with van der Waals surface area (Å²) in [5, 5.41) is 4.60. The molecule has 1 atom stereocenters. The predicted molar refractivity (Wildman–Crippen MR) is 82.7 cm³/mol. The van der Waals surface area contributed by atoms with E-state index in [0.29, 0.717) is 25.3 Å². The van der Waals surface area contributed by atoms with Gasteiger partial charge in [-0.3, -0.25) is 4.29 Å². The van der Waals surface area contributed by atoms with E-state index in [2.05, 4.69) is 28.7 Å². The van der Waals surface area contributed by atoms with Crippen LogP contribution >= 0.6 is 11.9 Å². The summed E-state index contributed by atoms with van der Waals surface area (Å²) in [5.41, 5.74) is 2.05. The van der Waals surface area contributed by atoms with Gasteiger partial charge in [0.1, 0.15) is 11.3 Å². The Hall–Kier alpha value is -1.23. The molecule has 2 aromatic rings. The van der Waals surface area contributed by atoms with E-state index < -0.39 is 0 Å². The lowest BCUT2D eigenvalue weighted by Gasteiger charge is -2.15. The Morgan fingerprint density at radius 3 is 3.00 bits per heavy atom. The lowest BCUT2D eigenvalue weighted by molar-refractivity contribution is 0.261. The molecule has 0 bridgehead atoms. The molecule has 3 rings (SSSR count). The minimum atomic E-state index is 0.292. The SMILES string of the molecule is CC(NC1CC1)c1cc(OCCCOCl)c2ccoc2c1. The highest BCUT2D eigenvalue weighted by Crippen LogP contribution is 2.32. The Morgan fingerprint density at radius 1 is 1.38 bits per heavy atom. The Labute approximate surface area is 129 Å². The smallest absolute Gasteiger partial charge is 0.137 e. The van der Waals surface area contributed by atoms with Gasteiger partial charge in [-0.1, -0.05) is 0 Å². The van der Waals surface area contributed by atoms with Crippen LogP contribution in [-0.2, 0) is 4.29 Å². The summed E-state index contributed by atoms with van der Waals surface area (Å²) < 4.78 is 15.9. The first-order valence-electron chi connectivity index (χ1n) is 7.41. The highest BCUT2D eigenvalue weighted by molar-refractivity contribution is 6.07.